The molecule has 2 rings (SSSR count). The lowest BCUT2D eigenvalue weighted by atomic mass is 10.2. The van der Waals surface area contributed by atoms with Crippen molar-refractivity contribution in [3.63, 3.8) is 0 Å². The maximum atomic E-state index is 11.2. The van der Waals surface area contributed by atoms with E-state index in [1.165, 1.54) is 0 Å². The molecular weight excluding hydrogens is 162 g/mol. The molecule has 1 aliphatic rings. The van der Waals surface area contributed by atoms with E-state index in [9.17, 15) is 4.79 Å². The number of allylic oxidation sites excluding steroid dienone is 1. The molecule has 0 bridgehead atoms. The van der Waals surface area contributed by atoms with Gasteiger partial charge in [0.15, 0.2) is 5.78 Å². The lowest BCUT2D eigenvalue weighted by Crippen LogP contribution is -2.27. The molecule has 0 radical (unpaired) electrons. The Balaban J connectivity index is 2.22. The van der Waals surface area contributed by atoms with Crippen molar-refractivity contribution in [2.45, 2.75) is 6.42 Å². The largest absolute Gasteiger partial charge is 0.341 e. The van der Waals surface area contributed by atoms with E-state index in [1.807, 2.05) is 47.5 Å². The number of ketones is 1. The van der Waals surface area contributed by atoms with Crippen molar-refractivity contribution in [1.29, 1.82) is 0 Å². The summed E-state index contributed by atoms with van der Waals surface area (Å²) in [7, 11) is 0. The van der Waals surface area contributed by atoms with Crippen molar-refractivity contribution < 1.29 is 4.79 Å². The topological polar surface area (TPSA) is 20.3 Å². The number of para-hydroxylation sites is 1. The van der Waals surface area contributed by atoms with Crippen LogP contribution in [0.1, 0.15) is 6.42 Å². The smallest absolute Gasteiger partial charge is 0.156 e. The number of hydrogen-bond acceptors (Lipinski definition) is 2. The van der Waals surface area contributed by atoms with E-state index in [2.05, 4.69) is 0 Å². The van der Waals surface area contributed by atoms with Gasteiger partial charge < -0.3 is 4.90 Å². The zero-order valence-electron chi connectivity index (χ0n) is 7.31. The molecule has 0 aromatic heterocycles. The summed E-state index contributed by atoms with van der Waals surface area (Å²) in [6, 6.07) is 9.93. The number of anilines is 1. The van der Waals surface area contributed by atoms with E-state index in [4.69, 9.17) is 0 Å². The highest BCUT2D eigenvalue weighted by Gasteiger charge is 2.11. The third-order valence-electron chi connectivity index (χ3n) is 2.07. The van der Waals surface area contributed by atoms with E-state index < -0.39 is 0 Å². The van der Waals surface area contributed by atoms with Crippen molar-refractivity contribution in [3.05, 3.63) is 42.6 Å². The van der Waals surface area contributed by atoms with Gasteiger partial charge in [-0.25, -0.2) is 0 Å². The number of hydrogen-bond donors (Lipinski definition) is 0. The highest BCUT2D eigenvalue weighted by molar-refractivity contribution is 5.86. The molecule has 0 saturated carbocycles. The molecule has 0 atom stereocenters. The fourth-order valence-electron chi connectivity index (χ4n) is 1.42. The van der Waals surface area contributed by atoms with Crippen LogP contribution in [0, 0.1) is 0 Å². The van der Waals surface area contributed by atoms with Gasteiger partial charge in [0.05, 0.1) is 6.54 Å². The molecule has 2 heteroatoms. The monoisotopic (exact) mass is 173 g/mol. The Hall–Kier alpha value is -1.57. The van der Waals surface area contributed by atoms with Gasteiger partial charge in [-0.1, -0.05) is 24.3 Å². The SMILES string of the molecule is O=C1CC=CN(c2ccccc2)C1. The van der Waals surface area contributed by atoms with Gasteiger partial charge in [-0.2, -0.15) is 0 Å². The van der Waals surface area contributed by atoms with Gasteiger partial charge in [-0.15, -0.1) is 0 Å². The Labute approximate surface area is 77.5 Å². The highest BCUT2D eigenvalue weighted by atomic mass is 16.1. The number of benzene rings is 1. The average Bonchev–Trinajstić information content (AvgIpc) is 2.19. The predicted octanol–water partition coefficient (Wildman–Crippen LogP) is 1.98. The molecule has 0 aliphatic carbocycles. The Morgan fingerprint density at radius 2 is 1.92 bits per heavy atom. The first kappa shape index (κ1) is 8.05. The minimum atomic E-state index is 0.270. The molecule has 0 spiro atoms. The zero-order chi connectivity index (χ0) is 9.10. The van der Waals surface area contributed by atoms with Crippen LogP contribution in [0.4, 0.5) is 5.69 Å². The van der Waals surface area contributed by atoms with Gasteiger partial charge in [-0.05, 0) is 12.1 Å². The van der Waals surface area contributed by atoms with E-state index >= 15 is 0 Å². The first-order valence-electron chi connectivity index (χ1n) is 4.36. The van der Waals surface area contributed by atoms with Crippen LogP contribution in [0.3, 0.4) is 0 Å². The Bertz CT molecular complexity index is 329. The summed E-state index contributed by atoms with van der Waals surface area (Å²) in [5.74, 6) is 0.270. The zero-order valence-corrected chi connectivity index (χ0v) is 7.31. The predicted molar refractivity (Wildman–Crippen MR) is 52.6 cm³/mol. The molecule has 1 aromatic carbocycles. The van der Waals surface area contributed by atoms with Gasteiger partial charge >= 0.3 is 0 Å². The number of Topliss-reactive ketones (excluding diaryl/α,β-unsaturated/α-hetero) is 1. The third kappa shape index (κ3) is 1.78. The van der Waals surface area contributed by atoms with Gasteiger partial charge in [-0.3, -0.25) is 4.79 Å². The lowest BCUT2D eigenvalue weighted by molar-refractivity contribution is -0.117. The summed E-state index contributed by atoms with van der Waals surface area (Å²) in [6.07, 6.45) is 4.44. The quantitative estimate of drug-likeness (QED) is 0.647. The molecule has 2 nitrogen and oxygen atoms in total. The van der Waals surface area contributed by atoms with Crippen LogP contribution in [0.2, 0.25) is 0 Å². The van der Waals surface area contributed by atoms with Gasteiger partial charge in [0.25, 0.3) is 0 Å². The number of nitrogens with zero attached hydrogens (tertiary/aromatic N) is 1. The Kier molecular flexibility index (Phi) is 2.13. The van der Waals surface area contributed by atoms with Crippen LogP contribution in [0.25, 0.3) is 0 Å². The molecule has 0 saturated heterocycles. The van der Waals surface area contributed by atoms with Crippen LogP contribution >= 0.6 is 0 Å². The molecule has 0 amide bonds. The van der Waals surface area contributed by atoms with Crippen LogP contribution in [-0.4, -0.2) is 12.3 Å². The van der Waals surface area contributed by atoms with Crippen LogP contribution < -0.4 is 4.90 Å². The van der Waals surface area contributed by atoms with Gasteiger partial charge in [0, 0.05) is 18.3 Å². The van der Waals surface area contributed by atoms with Crippen molar-refractivity contribution in [3.8, 4) is 0 Å². The summed E-state index contributed by atoms with van der Waals surface area (Å²) in [5, 5.41) is 0. The first-order valence-corrected chi connectivity index (χ1v) is 4.36. The maximum Gasteiger partial charge on any atom is 0.156 e. The highest BCUT2D eigenvalue weighted by Crippen LogP contribution is 2.16. The van der Waals surface area contributed by atoms with Crippen molar-refractivity contribution >= 4 is 11.5 Å². The minimum Gasteiger partial charge on any atom is -0.341 e. The second-order valence-electron chi connectivity index (χ2n) is 3.09. The molecular formula is C11H11NO. The Morgan fingerprint density at radius 1 is 1.15 bits per heavy atom. The fourth-order valence-corrected chi connectivity index (χ4v) is 1.42. The lowest BCUT2D eigenvalue weighted by Gasteiger charge is -2.22. The maximum absolute atomic E-state index is 11.2. The summed E-state index contributed by atoms with van der Waals surface area (Å²) >= 11 is 0. The van der Waals surface area contributed by atoms with Crippen molar-refractivity contribution in [2.75, 3.05) is 11.4 Å². The van der Waals surface area contributed by atoms with Crippen LogP contribution in [0.5, 0.6) is 0 Å². The molecule has 1 heterocycles. The number of rotatable bonds is 1. The molecule has 1 aromatic rings. The van der Waals surface area contributed by atoms with E-state index in [0.717, 1.165) is 5.69 Å². The molecule has 66 valence electrons. The molecule has 0 fully saturated rings. The molecule has 13 heavy (non-hydrogen) atoms. The van der Waals surface area contributed by atoms with Crippen molar-refractivity contribution in [2.24, 2.45) is 0 Å². The van der Waals surface area contributed by atoms with Crippen LogP contribution in [0.15, 0.2) is 42.6 Å². The summed E-state index contributed by atoms with van der Waals surface area (Å²) < 4.78 is 0. The minimum absolute atomic E-state index is 0.270. The standard InChI is InChI=1S/C11H11NO/c13-11-7-4-8-12(9-11)10-5-2-1-3-6-10/h1-6,8H,7,9H2. The summed E-state index contributed by atoms with van der Waals surface area (Å²) in [6.45, 7) is 0.501. The van der Waals surface area contributed by atoms with E-state index in [0.29, 0.717) is 13.0 Å². The van der Waals surface area contributed by atoms with Crippen molar-refractivity contribution in [1.82, 2.24) is 0 Å². The normalized spacial score (nSPS) is 16.3. The van der Waals surface area contributed by atoms with E-state index in [-0.39, 0.29) is 5.78 Å². The second-order valence-corrected chi connectivity index (χ2v) is 3.09. The fraction of sp³-hybridized carbons (Fsp3) is 0.182. The van der Waals surface area contributed by atoms with Crippen LogP contribution in [-0.2, 0) is 4.79 Å². The molecule has 1 aliphatic heterocycles. The Morgan fingerprint density at radius 3 is 2.62 bits per heavy atom. The third-order valence-corrected chi connectivity index (χ3v) is 2.07. The first-order chi connectivity index (χ1) is 6.36. The molecule has 0 N–H and O–H groups in total. The second kappa shape index (κ2) is 3.44. The number of carbonyl (C=O) groups is 1. The van der Waals surface area contributed by atoms with Gasteiger partial charge in [0.2, 0.25) is 0 Å². The summed E-state index contributed by atoms with van der Waals surface area (Å²) in [5.41, 5.74) is 1.08. The van der Waals surface area contributed by atoms with Gasteiger partial charge in [0.1, 0.15) is 0 Å². The molecule has 0 unspecified atom stereocenters. The average molecular weight is 173 g/mol. The summed E-state index contributed by atoms with van der Waals surface area (Å²) in [4.78, 5) is 13.1. The van der Waals surface area contributed by atoms with E-state index in [1.54, 1.807) is 0 Å². The number of carbonyl (C=O) groups excluding carboxylic acids is 1.